The van der Waals surface area contributed by atoms with Gasteiger partial charge < -0.3 is 10.8 Å². The third kappa shape index (κ3) is 2.57. The predicted octanol–water partition coefficient (Wildman–Crippen LogP) is 2.08. The molecule has 0 saturated carbocycles. The molecule has 0 radical (unpaired) electrons. The first-order valence-corrected chi connectivity index (χ1v) is 4.42. The Morgan fingerprint density at radius 1 is 1.69 bits per heavy atom. The van der Waals surface area contributed by atoms with Crippen LogP contribution < -0.4 is 5.73 Å². The molecule has 0 aliphatic carbocycles. The van der Waals surface area contributed by atoms with Crippen molar-refractivity contribution in [2.75, 3.05) is 0 Å². The Labute approximate surface area is 90.9 Å². The Hall–Kier alpha value is -0.290. The van der Waals surface area contributed by atoms with Gasteiger partial charge in [0.25, 0.3) is 0 Å². The molecule has 0 saturated heterocycles. The summed E-state index contributed by atoms with van der Waals surface area (Å²) in [5, 5.41) is 8.74. The highest BCUT2D eigenvalue weighted by molar-refractivity contribution is 7.16. The first-order chi connectivity index (χ1) is 5.44. The van der Waals surface area contributed by atoms with Crippen molar-refractivity contribution >= 4 is 41.3 Å². The molecule has 1 atom stereocenters. The van der Waals surface area contributed by atoms with E-state index in [4.69, 9.17) is 22.4 Å². The Kier molecular flexibility index (Phi) is 4.19. The lowest BCUT2D eigenvalue weighted by molar-refractivity contribution is -0.142. The van der Waals surface area contributed by atoms with Crippen molar-refractivity contribution in [3.8, 4) is 0 Å². The molecule has 3 N–H and O–H groups in total. The van der Waals surface area contributed by atoms with E-state index in [1.165, 1.54) is 18.3 Å². The highest BCUT2D eigenvalue weighted by Crippen LogP contribution is 2.29. The number of carboxylic acid groups (broad SMARTS) is 1. The number of aliphatic carboxylic acids is 1. The van der Waals surface area contributed by atoms with E-state index in [2.05, 4.69) is 0 Å². The second kappa shape index (κ2) is 4.28. The second-order valence-corrected chi connectivity index (χ2v) is 4.33. The van der Waals surface area contributed by atoms with Crippen LogP contribution in [-0.4, -0.2) is 11.1 Å². The van der Waals surface area contributed by atoms with Gasteiger partial charge in [0.1, 0.15) is 5.54 Å². The lowest BCUT2D eigenvalue weighted by atomic mass is 10.0. The van der Waals surface area contributed by atoms with Gasteiger partial charge in [-0.25, -0.2) is 4.79 Å². The van der Waals surface area contributed by atoms with Gasteiger partial charge in [0.2, 0.25) is 0 Å². The highest BCUT2D eigenvalue weighted by Gasteiger charge is 2.31. The standard InChI is InChI=1S/C7H8ClNO2S.ClH/c1-7(9,6(10)11)4-2-3-5(8)12-4;/h2-3H,9H2,1H3,(H,10,11);1H. The predicted molar refractivity (Wildman–Crippen MR) is 55.8 cm³/mol. The number of hydrogen-bond donors (Lipinski definition) is 2. The summed E-state index contributed by atoms with van der Waals surface area (Å²) in [6.07, 6.45) is 0. The number of carbonyl (C=O) groups is 1. The summed E-state index contributed by atoms with van der Waals surface area (Å²) in [7, 11) is 0. The zero-order valence-electron chi connectivity index (χ0n) is 6.78. The molecule has 0 aliphatic heterocycles. The number of halogens is 2. The fraction of sp³-hybridized carbons (Fsp3) is 0.286. The first kappa shape index (κ1) is 12.7. The molecule has 1 unspecified atom stereocenters. The van der Waals surface area contributed by atoms with E-state index >= 15 is 0 Å². The van der Waals surface area contributed by atoms with Crippen molar-refractivity contribution in [2.24, 2.45) is 5.73 Å². The molecular weight excluding hydrogens is 233 g/mol. The van der Waals surface area contributed by atoms with E-state index in [-0.39, 0.29) is 12.4 Å². The average molecular weight is 242 g/mol. The molecule has 74 valence electrons. The third-order valence-corrected chi connectivity index (χ3v) is 3.00. The van der Waals surface area contributed by atoms with Crippen molar-refractivity contribution in [3.63, 3.8) is 0 Å². The van der Waals surface area contributed by atoms with Gasteiger partial charge in [0, 0.05) is 4.88 Å². The summed E-state index contributed by atoms with van der Waals surface area (Å²) >= 11 is 6.82. The average Bonchev–Trinajstić information content (AvgIpc) is 2.35. The molecule has 6 heteroatoms. The summed E-state index contributed by atoms with van der Waals surface area (Å²) < 4.78 is 0.544. The summed E-state index contributed by atoms with van der Waals surface area (Å²) in [5.74, 6) is -1.05. The van der Waals surface area contributed by atoms with Gasteiger partial charge in [-0.3, -0.25) is 0 Å². The normalized spacial score (nSPS) is 14.4. The molecule has 1 aromatic rings. The zero-order valence-corrected chi connectivity index (χ0v) is 9.17. The maximum absolute atomic E-state index is 10.7. The molecule has 1 aromatic heterocycles. The van der Waals surface area contributed by atoms with Gasteiger partial charge in [0.15, 0.2) is 0 Å². The summed E-state index contributed by atoms with van der Waals surface area (Å²) in [6.45, 7) is 1.44. The fourth-order valence-electron chi connectivity index (χ4n) is 0.699. The molecule has 0 aromatic carbocycles. The quantitative estimate of drug-likeness (QED) is 0.834. The van der Waals surface area contributed by atoms with Crippen LogP contribution in [0.2, 0.25) is 4.34 Å². The zero-order chi connectivity index (χ0) is 9.35. The topological polar surface area (TPSA) is 63.3 Å². The van der Waals surface area contributed by atoms with Crippen LogP contribution in [0.4, 0.5) is 0 Å². The van der Waals surface area contributed by atoms with Gasteiger partial charge in [-0.2, -0.15) is 0 Å². The molecule has 0 spiro atoms. The number of carboxylic acids is 1. The summed E-state index contributed by atoms with van der Waals surface area (Å²) in [6, 6.07) is 3.26. The molecule has 0 aliphatic rings. The lowest BCUT2D eigenvalue weighted by Gasteiger charge is -2.16. The minimum absolute atomic E-state index is 0. The van der Waals surface area contributed by atoms with Crippen molar-refractivity contribution in [1.82, 2.24) is 0 Å². The van der Waals surface area contributed by atoms with E-state index in [0.29, 0.717) is 9.21 Å². The van der Waals surface area contributed by atoms with E-state index < -0.39 is 11.5 Å². The van der Waals surface area contributed by atoms with Crippen LogP contribution in [0.3, 0.4) is 0 Å². The number of hydrogen-bond acceptors (Lipinski definition) is 3. The molecule has 0 bridgehead atoms. The smallest absolute Gasteiger partial charge is 0.328 e. The summed E-state index contributed by atoms with van der Waals surface area (Å²) in [5.41, 5.74) is 4.21. The number of nitrogens with two attached hydrogens (primary N) is 1. The molecule has 0 amide bonds. The minimum Gasteiger partial charge on any atom is -0.480 e. The van der Waals surface area contributed by atoms with Crippen molar-refractivity contribution in [3.05, 3.63) is 21.3 Å². The Morgan fingerprint density at radius 2 is 2.23 bits per heavy atom. The molecule has 13 heavy (non-hydrogen) atoms. The first-order valence-electron chi connectivity index (χ1n) is 3.22. The third-order valence-electron chi connectivity index (χ3n) is 1.53. The van der Waals surface area contributed by atoms with Crippen molar-refractivity contribution < 1.29 is 9.90 Å². The van der Waals surface area contributed by atoms with Gasteiger partial charge in [-0.15, -0.1) is 23.7 Å². The fourth-order valence-corrected chi connectivity index (χ4v) is 1.79. The van der Waals surface area contributed by atoms with E-state index in [0.717, 1.165) is 0 Å². The van der Waals surface area contributed by atoms with Crippen LogP contribution >= 0.6 is 35.3 Å². The van der Waals surface area contributed by atoms with Crippen LogP contribution in [0.15, 0.2) is 12.1 Å². The SMILES string of the molecule is CC(N)(C(=O)O)c1ccc(Cl)s1.Cl. The second-order valence-electron chi connectivity index (χ2n) is 2.61. The van der Waals surface area contributed by atoms with Crippen LogP contribution in [0.5, 0.6) is 0 Å². The van der Waals surface area contributed by atoms with Crippen molar-refractivity contribution in [2.45, 2.75) is 12.5 Å². The Morgan fingerprint density at radius 3 is 2.54 bits per heavy atom. The monoisotopic (exact) mass is 241 g/mol. The van der Waals surface area contributed by atoms with Gasteiger partial charge in [-0.05, 0) is 19.1 Å². The maximum Gasteiger partial charge on any atom is 0.328 e. The maximum atomic E-state index is 10.7. The molecule has 0 fully saturated rings. The molecule has 3 nitrogen and oxygen atoms in total. The Balaban J connectivity index is 0.00000144. The largest absolute Gasteiger partial charge is 0.480 e. The lowest BCUT2D eigenvalue weighted by Crippen LogP contribution is -2.40. The highest BCUT2D eigenvalue weighted by atomic mass is 35.5. The van der Waals surface area contributed by atoms with Gasteiger partial charge >= 0.3 is 5.97 Å². The van der Waals surface area contributed by atoms with Crippen LogP contribution in [0.1, 0.15) is 11.8 Å². The van der Waals surface area contributed by atoms with E-state index in [1.54, 1.807) is 12.1 Å². The van der Waals surface area contributed by atoms with Crippen LogP contribution in [0, 0.1) is 0 Å². The van der Waals surface area contributed by atoms with Crippen LogP contribution in [-0.2, 0) is 10.3 Å². The molecule has 1 rings (SSSR count). The van der Waals surface area contributed by atoms with Crippen molar-refractivity contribution in [1.29, 1.82) is 0 Å². The van der Waals surface area contributed by atoms with Crippen LogP contribution in [0.25, 0.3) is 0 Å². The van der Waals surface area contributed by atoms with E-state index in [9.17, 15) is 4.79 Å². The number of thiophene rings is 1. The van der Waals surface area contributed by atoms with E-state index in [1.807, 2.05) is 0 Å². The van der Waals surface area contributed by atoms with Gasteiger partial charge in [-0.1, -0.05) is 11.6 Å². The van der Waals surface area contributed by atoms with Gasteiger partial charge in [0.05, 0.1) is 4.34 Å². The molecular formula is C7H9Cl2NO2S. The Bertz CT molecular complexity index is 311. The minimum atomic E-state index is -1.34. The molecule has 1 heterocycles. The number of rotatable bonds is 2. The summed E-state index contributed by atoms with van der Waals surface area (Å²) in [4.78, 5) is 11.2.